The fourth-order valence-electron chi connectivity index (χ4n) is 3.90. The Morgan fingerprint density at radius 3 is 2.17 bits per heavy atom. The molecule has 4 rings (SSSR count). The molecule has 0 bridgehead atoms. The van der Waals surface area contributed by atoms with E-state index in [0.29, 0.717) is 22.4 Å². The monoisotopic (exact) mass is 555 g/mol. The van der Waals surface area contributed by atoms with Crippen molar-refractivity contribution in [1.82, 2.24) is 20.2 Å². The average Bonchev–Trinajstić information content (AvgIpc) is 3.34. The Balaban J connectivity index is 1.50. The number of ether oxygens (including phenoxy) is 1. The molecule has 0 radical (unpaired) electrons. The number of aromatic nitrogens is 3. The van der Waals surface area contributed by atoms with E-state index in [2.05, 4.69) is 65.8 Å². The van der Waals surface area contributed by atoms with Gasteiger partial charge in [-0.1, -0.05) is 74.5 Å². The second-order valence-electron chi connectivity index (χ2n) is 10.4. The van der Waals surface area contributed by atoms with Crippen molar-refractivity contribution < 1.29 is 14.3 Å². The van der Waals surface area contributed by atoms with Crippen molar-refractivity contribution in [1.29, 1.82) is 0 Å². The van der Waals surface area contributed by atoms with Gasteiger partial charge < -0.3 is 4.74 Å². The highest BCUT2D eigenvalue weighted by atomic mass is 32.2. The highest BCUT2D eigenvalue weighted by Gasteiger charge is 2.19. The number of aryl methyl sites for hydroxylation is 1. The minimum absolute atomic E-state index is 0.0473. The summed E-state index contributed by atoms with van der Waals surface area (Å²) < 4.78 is 7.03. The van der Waals surface area contributed by atoms with E-state index in [-0.39, 0.29) is 23.0 Å². The fraction of sp³-hybridized carbons (Fsp3) is 0.258. The molecule has 0 spiro atoms. The van der Waals surface area contributed by atoms with Crippen LogP contribution in [0.1, 0.15) is 51.3 Å². The van der Waals surface area contributed by atoms with Gasteiger partial charge in [0.05, 0.1) is 11.5 Å². The maximum absolute atomic E-state index is 12.7. The van der Waals surface area contributed by atoms with Crippen molar-refractivity contribution in [2.75, 3.05) is 5.75 Å². The number of nitrogens with one attached hydrogen (secondary N) is 1. The van der Waals surface area contributed by atoms with Crippen molar-refractivity contribution in [2.24, 2.45) is 5.10 Å². The van der Waals surface area contributed by atoms with E-state index in [9.17, 15) is 9.59 Å². The Bertz CT molecular complexity index is 1520. The van der Waals surface area contributed by atoms with Crippen LogP contribution in [0.4, 0.5) is 0 Å². The number of amides is 1. The molecular weight excluding hydrogens is 522 g/mol. The summed E-state index contributed by atoms with van der Waals surface area (Å²) in [4.78, 5) is 23.8. The second-order valence-corrected chi connectivity index (χ2v) is 11.4. The zero-order valence-corrected chi connectivity index (χ0v) is 24.4. The van der Waals surface area contributed by atoms with E-state index in [0.717, 1.165) is 22.4 Å². The van der Waals surface area contributed by atoms with E-state index in [4.69, 9.17) is 4.74 Å². The van der Waals surface area contributed by atoms with E-state index in [1.807, 2.05) is 35.8 Å². The molecule has 0 unspecified atom stereocenters. The molecule has 1 heterocycles. The topological polar surface area (TPSA) is 98.5 Å². The minimum atomic E-state index is -0.383. The molecule has 0 aliphatic heterocycles. The van der Waals surface area contributed by atoms with Crippen LogP contribution in [0.3, 0.4) is 0 Å². The predicted octanol–water partition coefficient (Wildman–Crippen LogP) is 6.10. The molecule has 40 heavy (non-hydrogen) atoms. The van der Waals surface area contributed by atoms with Crippen LogP contribution in [0.2, 0.25) is 0 Å². The van der Waals surface area contributed by atoms with Crippen LogP contribution in [0.15, 0.2) is 83.1 Å². The number of hydrogen-bond donors (Lipinski definition) is 1. The lowest BCUT2D eigenvalue weighted by molar-refractivity contribution is -0.131. The molecular formula is C31H33N5O3S. The lowest BCUT2D eigenvalue weighted by Gasteiger charge is -2.19. The van der Waals surface area contributed by atoms with Gasteiger partial charge in [0, 0.05) is 18.2 Å². The first-order chi connectivity index (χ1) is 19.0. The van der Waals surface area contributed by atoms with Gasteiger partial charge in [0.25, 0.3) is 5.91 Å². The summed E-state index contributed by atoms with van der Waals surface area (Å²) >= 11 is 1.29. The lowest BCUT2D eigenvalue weighted by Crippen LogP contribution is -2.21. The summed E-state index contributed by atoms with van der Waals surface area (Å²) in [5, 5.41) is 13.8. The van der Waals surface area contributed by atoms with Gasteiger partial charge in [-0.25, -0.2) is 5.43 Å². The summed E-state index contributed by atoms with van der Waals surface area (Å²) in [6.07, 6.45) is 0. The smallest absolute Gasteiger partial charge is 0.308 e. The van der Waals surface area contributed by atoms with Crippen molar-refractivity contribution >= 4 is 29.4 Å². The Morgan fingerprint density at radius 2 is 1.57 bits per heavy atom. The third-order valence-corrected chi connectivity index (χ3v) is 7.08. The fourth-order valence-corrected chi connectivity index (χ4v) is 4.64. The molecule has 1 amide bonds. The number of rotatable bonds is 8. The van der Waals surface area contributed by atoms with Gasteiger partial charge in [0.2, 0.25) is 0 Å². The number of nitrogens with zero attached hydrogens (tertiary/aromatic N) is 4. The van der Waals surface area contributed by atoms with Crippen LogP contribution < -0.4 is 10.2 Å². The molecule has 8 nitrogen and oxygen atoms in total. The second kappa shape index (κ2) is 12.3. The normalized spacial score (nSPS) is 11.8. The molecule has 0 saturated carbocycles. The molecule has 206 valence electrons. The van der Waals surface area contributed by atoms with Crippen LogP contribution in [0.5, 0.6) is 5.75 Å². The Kier molecular flexibility index (Phi) is 8.84. The lowest BCUT2D eigenvalue weighted by atomic mass is 9.87. The molecule has 1 N–H and O–H groups in total. The zero-order valence-electron chi connectivity index (χ0n) is 23.6. The number of hydrogen-bond acceptors (Lipinski definition) is 7. The van der Waals surface area contributed by atoms with Crippen LogP contribution in [-0.2, 0) is 15.0 Å². The third-order valence-electron chi connectivity index (χ3n) is 6.15. The first-order valence-corrected chi connectivity index (χ1v) is 13.9. The number of esters is 1. The first-order valence-electron chi connectivity index (χ1n) is 12.9. The highest BCUT2D eigenvalue weighted by molar-refractivity contribution is 7.99. The molecule has 0 fully saturated rings. The van der Waals surface area contributed by atoms with Crippen molar-refractivity contribution in [2.45, 2.75) is 52.1 Å². The van der Waals surface area contributed by atoms with Crippen LogP contribution in [-0.4, -0.2) is 38.1 Å². The SMILES string of the molecule is CC(=O)Oc1ccc(/C(C)=N\NC(=O)CSc2nnc(-c3ccc(C(C)(C)C)cc3)n2-c2ccc(C)cc2)cc1. The quantitative estimate of drug-likeness (QED) is 0.0928. The summed E-state index contributed by atoms with van der Waals surface area (Å²) in [6.45, 7) is 11.7. The first kappa shape index (κ1) is 28.8. The molecule has 4 aromatic rings. The van der Waals surface area contributed by atoms with Gasteiger partial charge in [-0.2, -0.15) is 5.10 Å². The number of carbonyl (C=O) groups is 2. The molecule has 0 aliphatic rings. The summed E-state index contributed by atoms with van der Waals surface area (Å²) in [6, 6.07) is 23.4. The molecule has 0 aliphatic carbocycles. The van der Waals surface area contributed by atoms with Crippen LogP contribution in [0.25, 0.3) is 17.1 Å². The standard InChI is InChI=1S/C31H33N5O3S/c1-20-7-15-26(16-8-20)36-29(24-9-13-25(14-10-24)31(4,5)6)34-35-30(36)40-19-28(38)33-32-21(2)23-11-17-27(18-12-23)39-22(3)37/h7-18H,19H2,1-6H3,(H,33,38)/b32-21-. The average molecular weight is 556 g/mol. The highest BCUT2D eigenvalue weighted by Crippen LogP contribution is 2.30. The third kappa shape index (κ3) is 7.24. The number of thioether (sulfide) groups is 1. The number of benzene rings is 3. The van der Waals surface area contributed by atoms with E-state index < -0.39 is 0 Å². The van der Waals surface area contributed by atoms with Gasteiger partial charge >= 0.3 is 5.97 Å². The summed E-state index contributed by atoms with van der Waals surface area (Å²) in [5.74, 6) is 0.613. The van der Waals surface area contributed by atoms with Crippen molar-refractivity contribution in [3.8, 4) is 22.8 Å². The molecule has 3 aromatic carbocycles. The maximum Gasteiger partial charge on any atom is 0.308 e. The van der Waals surface area contributed by atoms with Crippen molar-refractivity contribution in [3.63, 3.8) is 0 Å². The van der Waals surface area contributed by atoms with Crippen LogP contribution in [0, 0.1) is 6.92 Å². The Hall–Kier alpha value is -4.24. The van der Waals surface area contributed by atoms with E-state index in [1.54, 1.807) is 31.2 Å². The summed E-state index contributed by atoms with van der Waals surface area (Å²) in [5.41, 5.74) is 8.32. The Labute approximate surface area is 238 Å². The van der Waals surface area contributed by atoms with Gasteiger partial charge in [0.15, 0.2) is 11.0 Å². The van der Waals surface area contributed by atoms with Crippen molar-refractivity contribution in [3.05, 3.63) is 89.5 Å². The van der Waals surface area contributed by atoms with E-state index >= 15 is 0 Å². The maximum atomic E-state index is 12.7. The molecule has 0 saturated heterocycles. The number of carbonyl (C=O) groups excluding carboxylic acids is 2. The van der Waals surface area contributed by atoms with Crippen LogP contribution >= 0.6 is 11.8 Å². The van der Waals surface area contributed by atoms with Gasteiger partial charge in [0.1, 0.15) is 5.75 Å². The predicted molar refractivity (Wildman–Crippen MR) is 159 cm³/mol. The van der Waals surface area contributed by atoms with Gasteiger partial charge in [-0.05, 0) is 66.8 Å². The molecule has 9 heteroatoms. The zero-order chi connectivity index (χ0) is 28.9. The van der Waals surface area contributed by atoms with Gasteiger partial charge in [-0.15, -0.1) is 10.2 Å². The minimum Gasteiger partial charge on any atom is -0.427 e. The summed E-state index contributed by atoms with van der Waals surface area (Å²) in [7, 11) is 0. The largest absolute Gasteiger partial charge is 0.427 e. The van der Waals surface area contributed by atoms with E-state index in [1.165, 1.54) is 24.2 Å². The van der Waals surface area contributed by atoms with Gasteiger partial charge in [-0.3, -0.25) is 14.2 Å². The Morgan fingerprint density at radius 1 is 0.925 bits per heavy atom. The molecule has 1 aromatic heterocycles. The molecule has 0 atom stereocenters. The number of hydrazone groups is 1.